The minimum absolute atomic E-state index is 0.00603. The summed E-state index contributed by atoms with van der Waals surface area (Å²) in [6, 6.07) is 15.1. The number of anilines is 1. The number of nitrogens with one attached hydrogen (secondary N) is 1. The third-order valence-electron chi connectivity index (χ3n) is 3.31. The van der Waals surface area contributed by atoms with Crippen LogP contribution in [0.1, 0.15) is 24.2 Å². The van der Waals surface area contributed by atoms with Gasteiger partial charge in [-0.25, -0.2) is 0 Å². The van der Waals surface area contributed by atoms with Crippen molar-refractivity contribution >= 4 is 29.3 Å². The number of amides is 1. The van der Waals surface area contributed by atoms with E-state index in [4.69, 9.17) is 4.74 Å². The number of carbonyl (C=O) groups is 2. The maximum Gasteiger partial charge on any atom is 0.308 e. The first kappa shape index (κ1) is 14.7. The molecule has 0 saturated carbocycles. The van der Waals surface area contributed by atoms with Crippen LogP contribution in [0.5, 0.6) is 5.75 Å². The molecule has 2 aromatic rings. The Morgan fingerprint density at radius 2 is 1.91 bits per heavy atom. The van der Waals surface area contributed by atoms with E-state index in [9.17, 15) is 9.59 Å². The Hall–Kier alpha value is -2.27. The molecule has 112 valence electrons. The molecule has 5 heteroatoms. The van der Waals surface area contributed by atoms with Gasteiger partial charge in [-0.05, 0) is 29.8 Å². The van der Waals surface area contributed by atoms with E-state index in [0.717, 1.165) is 16.1 Å². The molecule has 2 aromatic carbocycles. The van der Waals surface area contributed by atoms with Crippen LogP contribution < -0.4 is 10.1 Å². The minimum Gasteiger partial charge on any atom is -0.427 e. The zero-order chi connectivity index (χ0) is 15.5. The van der Waals surface area contributed by atoms with Crippen LogP contribution >= 0.6 is 11.8 Å². The van der Waals surface area contributed by atoms with Crippen molar-refractivity contribution in [3.63, 3.8) is 0 Å². The zero-order valence-corrected chi connectivity index (χ0v) is 12.9. The summed E-state index contributed by atoms with van der Waals surface area (Å²) >= 11 is 1.66. The molecule has 1 heterocycles. The largest absolute Gasteiger partial charge is 0.427 e. The first-order valence-electron chi connectivity index (χ1n) is 6.96. The van der Waals surface area contributed by atoms with Crippen molar-refractivity contribution in [1.29, 1.82) is 0 Å². The van der Waals surface area contributed by atoms with Crippen LogP contribution in [0.2, 0.25) is 0 Å². The molecular formula is C17H15NO3S. The van der Waals surface area contributed by atoms with Gasteiger partial charge < -0.3 is 10.1 Å². The fourth-order valence-electron chi connectivity index (χ4n) is 2.34. The van der Waals surface area contributed by atoms with Gasteiger partial charge in [-0.2, -0.15) is 0 Å². The fraction of sp³-hybridized carbons (Fsp3) is 0.176. The number of esters is 1. The second kappa shape index (κ2) is 6.23. The monoisotopic (exact) mass is 313 g/mol. The van der Waals surface area contributed by atoms with E-state index in [2.05, 4.69) is 5.32 Å². The Balaban J connectivity index is 1.85. The number of ether oxygens (including phenoxy) is 1. The highest BCUT2D eigenvalue weighted by atomic mass is 32.2. The number of thioether (sulfide) groups is 1. The van der Waals surface area contributed by atoms with Gasteiger partial charge in [-0.1, -0.05) is 24.3 Å². The molecule has 22 heavy (non-hydrogen) atoms. The van der Waals surface area contributed by atoms with E-state index in [-0.39, 0.29) is 17.1 Å². The van der Waals surface area contributed by atoms with Gasteiger partial charge in [-0.15, -0.1) is 11.8 Å². The van der Waals surface area contributed by atoms with Crippen LogP contribution in [0.3, 0.4) is 0 Å². The number of benzene rings is 2. The summed E-state index contributed by atoms with van der Waals surface area (Å²) in [6.07, 6.45) is 0.409. The number of hydrogen-bond acceptors (Lipinski definition) is 4. The van der Waals surface area contributed by atoms with Crippen LogP contribution in [0.4, 0.5) is 5.69 Å². The summed E-state index contributed by atoms with van der Waals surface area (Å²) in [5, 5.41) is 2.97. The van der Waals surface area contributed by atoms with Crippen molar-refractivity contribution < 1.29 is 14.3 Å². The Labute approximate surface area is 132 Å². The SMILES string of the molecule is CC(=O)Oc1ccc(C2CC(=O)Nc3ccccc3S2)cc1. The molecular weight excluding hydrogens is 298 g/mol. The molecule has 0 fully saturated rings. The molecule has 1 aliphatic rings. The van der Waals surface area contributed by atoms with E-state index in [1.54, 1.807) is 23.9 Å². The normalized spacial score (nSPS) is 17.1. The van der Waals surface area contributed by atoms with Crippen molar-refractivity contribution in [1.82, 2.24) is 0 Å². The van der Waals surface area contributed by atoms with Crippen LogP contribution in [-0.2, 0) is 9.59 Å². The van der Waals surface area contributed by atoms with E-state index in [1.807, 2.05) is 36.4 Å². The molecule has 1 atom stereocenters. The molecule has 0 saturated heterocycles. The average Bonchev–Trinajstić information content (AvgIpc) is 2.65. The highest BCUT2D eigenvalue weighted by Gasteiger charge is 2.23. The zero-order valence-electron chi connectivity index (χ0n) is 12.0. The molecule has 0 aromatic heterocycles. The number of para-hydroxylation sites is 1. The second-order valence-corrected chi connectivity index (χ2v) is 6.26. The van der Waals surface area contributed by atoms with Crippen molar-refractivity contribution in [3.8, 4) is 5.75 Å². The third kappa shape index (κ3) is 3.31. The highest BCUT2D eigenvalue weighted by molar-refractivity contribution is 7.99. The predicted octanol–water partition coefficient (Wildman–Crippen LogP) is 3.79. The lowest BCUT2D eigenvalue weighted by Crippen LogP contribution is -2.11. The highest BCUT2D eigenvalue weighted by Crippen LogP contribution is 2.43. The lowest BCUT2D eigenvalue weighted by molar-refractivity contribution is -0.131. The van der Waals surface area contributed by atoms with Crippen molar-refractivity contribution in [2.24, 2.45) is 0 Å². The Kier molecular flexibility index (Phi) is 4.15. The van der Waals surface area contributed by atoms with Gasteiger partial charge in [0.25, 0.3) is 0 Å². The summed E-state index contributed by atoms with van der Waals surface area (Å²) in [5.74, 6) is 0.177. The standard InChI is InChI=1S/C17H15NO3S/c1-11(19)21-13-8-6-12(7-9-13)16-10-17(20)18-14-4-2-3-5-15(14)22-16/h2-9,16H,10H2,1H3,(H,18,20). The summed E-state index contributed by atoms with van der Waals surface area (Å²) in [4.78, 5) is 24.1. The molecule has 0 spiro atoms. The van der Waals surface area contributed by atoms with Crippen molar-refractivity contribution in [3.05, 3.63) is 54.1 Å². The van der Waals surface area contributed by atoms with Crippen LogP contribution in [0.25, 0.3) is 0 Å². The van der Waals surface area contributed by atoms with E-state index >= 15 is 0 Å². The van der Waals surface area contributed by atoms with E-state index < -0.39 is 0 Å². The predicted molar refractivity (Wildman–Crippen MR) is 86.0 cm³/mol. The van der Waals surface area contributed by atoms with Crippen LogP contribution in [0.15, 0.2) is 53.4 Å². The quantitative estimate of drug-likeness (QED) is 0.677. The first-order chi connectivity index (χ1) is 10.6. The number of fused-ring (bicyclic) bond motifs is 1. The molecule has 4 nitrogen and oxygen atoms in total. The minimum atomic E-state index is -0.343. The molecule has 0 aliphatic carbocycles. The Morgan fingerprint density at radius 3 is 2.64 bits per heavy atom. The van der Waals surface area contributed by atoms with Gasteiger partial charge in [0.1, 0.15) is 5.75 Å². The van der Waals surface area contributed by atoms with Crippen molar-refractivity contribution in [2.45, 2.75) is 23.5 Å². The smallest absolute Gasteiger partial charge is 0.308 e. The molecule has 1 aliphatic heterocycles. The maximum absolute atomic E-state index is 12.0. The lowest BCUT2D eigenvalue weighted by atomic mass is 10.1. The molecule has 3 rings (SSSR count). The molecule has 1 amide bonds. The summed E-state index contributed by atoms with van der Waals surface area (Å²) in [6.45, 7) is 1.37. The van der Waals surface area contributed by atoms with E-state index in [0.29, 0.717) is 12.2 Å². The maximum atomic E-state index is 12.0. The van der Waals surface area contributed by atoms with Gasteiger partial charge in [0.15, 0.2) is 0 Å². The third-order valence-corrected chi connectivity index (χ3v) is 4.65. The summed E-state index contributed by atoms with van der Waals surface area (Å²) < 4.78 is 5.03. The van der Waals surface area contributed by atoms with Gasteiger partial charge in [0, 0.05) is 23.5 Å². The Bertz CT molecular complexity index is 712. The first-order valence-corrected chi connectivity index (χ1v) is 7.84. The summed E-state index contributed by atoms with van der Waals surface area (Å²) in [5.41, 5.74) is 1.89. The average molecular weight is 313 g/mol. The van der Waals surface area contributed by atoms with Crippen LogP contribution in [-0.4, -0.2) is 11.9 Å². The van der Waals surface area contributed by atoms with Crippen molar-refractivity contribution in [2.75, 3.05) is 5.32 Å². The lowest BCUT2D eigenvalue weighted by Gasteiger charge is -2.14. The van der Waals surface area contributed by atoms with Gasteiger partial charge in [0.2, 0.25) is 5.91 Å². The molecule has 0 bridgehead atoms. The summed E-state index contributed by atoms with van der Waals surface area (Å²) in [7, 11) is 0. The molecule has 1 unspecified atom stereocenters. The van der Waals surface area contributed by atoms with Gasteiger partial charge in [-0.3, -0.25) is 9.59 Å². The molecule has 0 radical (unpaired) electrons. The molecule has 1 N–H and O–H groups in total. The van der Waals surface area contributed by atoms with Crippen LogP contribution in [0, 0.1) is 0 Å². The Morgan fingerprint density at radius 1 is 1.18 bits per heavy atom. The fourth-order valence-corrected chi connectivity index (χ4v) is 3.58. The number of hydrogen-bond donors (Lipinski definition) is 1. The number of rotatable bonds is 2. The van der Waals surface area contributed by atoms with Gasteiger partial charge >= 0.3 is 5.97 Å². The van der Waals surface area contributed by atoms with Gasteiger partial charge in [0.05, 0.1) is 5.69 Å². The topological polar surface area (TPSA) is 55.4 Å². The second-order valence-electron chi connectivity index (χ2n) is 5.02. The number of carbonyl (C=O) groups excluding carboxylic acids is 2. The van der Waals surface area contributed by atoms with E-state index in [1.165, 1.54) is 6.92 Å².